The molecule has 1 amide bonds. The van der Waals surface area contributed by atoms with Gasteiger partial charge in [-0.05, 0) is 39.3 Å². The van der Waals surface area contributed by atoms with Crippen molar-refractivity contribution in [1.29, 1.82) is 0 Å². The number of benzene rings is 1. The van der Waals surface area contributed by atoms with E-state index in [0.717, 1.165) is 12.1 Å². The Hall–Kier alpha value is -1.64. The van der Waals surface area contributed by atoms with Crippen molar-refractivity contribution in [2.24, 2.45) is 11.0 Å². The van der Waals surface area contributed by atoms with E-state index in [4.69, 9.17) is 0 Å². The first-order chi connectivity index (χ1) is 8.48. The molecule has 3 heteroatoms. The third-order valence-electron chi connectivity index (χ3n) is 3.78. The molecule has 1 atom stereocenters. The molecule has 0 saturated carbocycles. The van der Waals surface area contributed by atoms with Gasteiger partial charge in [0.1, 0.15) is 0 Å². The average molecular weight is 244 g/mol. The molecule has 0 fully saturated rings. The van der Waals surface area contributed by atoms with Crippen LogP contribution in [0.2, 0.25) is 0 Å². The Morgan fingerprint density at radius 1 is 1.33 bits per heavy atom. The normalized spacial score (nSPS) is 21.9. The molecule has 0 N–H and O–H groups in total. The number of hydrogen-bond acceptors (Lipinski definition) is 2. The summed E-state index contributed by atoms with van der Waals surface area (Å²) in [5, 5.41) is 6.11. The summed E-state index contributed by atoms with van der Waals surface area (Å²) in [4.78, 5) is 12.5. The molecule has 1 unspecified atom stereocenters. The van der Waals surface area contributed by atoms with E-state index < -0.39 is 0 Å². The van der Waals surface area contributed by atoms with Gasteiger partial charge in [0.15, 0.2) is 0 Å². The number of carbonyl (C=O) groups excluding carboxylic acids is 1. The van der Waals surface area contributed by atoms with Crippen molar-refractivity contribution in [1.82, 2.24) is 5.01 Å². The van der Waals surface area contributed by atoms with E-state index in [1.165, 1.54) is 0 Å². The number of rotatable bonds is 2. The van der Waals surface area contributed by atoms with Gasteiger partial charge in [-0.3, -0.25) is 4.79 Å². The molecule has 0 aromatic heterocycles. The van der Waals surface area contributed by atoms with E-state index >= 15 is 0 Å². The van der Waals surface area contributed by atoms with Gasteiger partial charge in [0.25, 0.3) is 5.91 Å². The van der Waals surface area contributed by atoms with E-state index in [0.29, 0.717) is 11.5 Å². The zero-order valence-corrected chi connectivity index (χ0v) is 11.5. The van der Waals surface area contributed by atoms with Gasteiger partial charge in [-0.25, -0.2) is 5.01 Å². The summed E-state index contributed by atoms with van der Waals surface area (Å²) in [6.45, 7) is 8.32. The van der Waals surface area contributed by atoms with E-state index in [9.17, 15) is 4.79 Å². The minimum absolute atomic E-state index is 0.0177. The molecule has 0 aliphatic carbocycles. The lowest BCUT2D eigenvalue weighted by molar-refractivity contribution is 0.0547. The Labute approximate surface area is 108 Å². The highest BCUT2D eigenvalue weighted by Crippen LogP contribution is 2.35. The van der Waals surface area contributed by atoms with Crippen LogP contribution in [0.3, 0.4) is 0 Å². The molecule has 18 heavy (non-hydrogen) atoms. The first kappa shape index (κ1) is 12.8. The van der Waals surface area contributed by atoms with Gasteiger partial charge in [-0.1, -0.05) is 25.1 Å². The molecular formula is C15H20N2O. The van der Waals surface area contributed by atoms with Gasteiger partial charge in [0.2, 0.25) is 0 Å². The van der Waals surface area contributed by atoms with Crippen LogP contribution in [-0.2, 0) is 0 Å². The quantitative estimate of drug-likeness (QED) is 0.785. The molecule has 0 bridgehead atoms. The second-order valence-electron chi connectivity index (χ2n) is 5.34. The van der Waals surface area contributed by atoms with Crippen LogP contribution in [0.4, 0.5) is 0 Å². The van der Waals surface area contributed by atoms with Crippen molar-refractivity contribution in [3.05, 3.63) is 35.9 Å². The topological polar surface area (TPSA) is 32.7 Å². The van der Waals surface area contributed by atoms with Crippen LogP contribution < -0.4 is 0 Å². The first-order valence-electron chi connectivity index (χ1n) is 6.43. The molecule has 1 aliphatic heterocycles. The molecule has 1 heterocycles. The van der Waals surface area contributed by atoms with Crippen molar-refractivity contribution < 1.29 is 4.79 Å². The highest BCUT2D eigenvalue weighted by atomic mass is 16.2. The van der Waals surface area contributed by atoms with E-state index in [1.54, 1.807) is 5.01 Å². The molecule has 0 saturated heterocycles. The molecule has 1 aromatic rings. The van der Waals surface area contributed by atoms with Gasteiger partial charge < -0.3 is 0 Å². The summed E-state index contributed by atoms with van der Waals surface area (Å²) in [6, 6.07) is 9.34. The average Bonchev–Trinajstić information content (AvgIpc) is 2.59. The van der Waals surface area contributed by atoms with Gasteiger partial charge in [0, 0.05) is 17.2 Å². The van der Waals surface area contributed by atoms with Crippen LogP contribution in [0.25, 0.3) is 0 Å². The summed E-state index contributed by atoms with van der Waals surface area (Å²) in [5.41, 5.74) is 1.50. The van der Waals surface area contributed by atoms with Crippen LogP contribution in [-0.4, -0.2) is 22.2 Å². The van der Waals surface area contributed by atoms with Gasteiger partial charge in [-0.2, -0.15) is 5.10 Å². The van der Waals surface area contributed by atoms with Crippen LogP contribution >= 0.6 is 0 Å². The number of carbonyl (C=O) groups is 1. The maximum absolute atomic E-state index is 12.5. The summed E-state index contributed by atoms with van der Waals surface area (Å²) < 4.78 is 0. The highest BCUT2D eigenvalue weighted by Gasteiger charge is 2.44. The molecule has 0 spiro atoms. The van der Waals surface area contributed by atoms with E-state index in [2.05, 4.69) is 25.9 Å². The lowest BCUT2D eigenvalue weighted by atomic mass is 9.83. The summed E-state index contributed by atoms with van der Waals surface area (Å²) >= 11 is 0. The molecule has 1 aromatic carbocycles. The molecule has 3 nitrogen and oxygen atoms in total. The zero-order valence-electron chi connectivity index (χ0n) is 11.5. The predicted molar refractivity (Wildman–Crippen MR) is 73.6 cm³/mol. The Balaban J connectivity index is 2.33. The van der Waals surface area contributed by atoms with E-state index in [1.807, 2.05) is 37.3 Å². The second kappa shape index (κ2) is 4.56. The molecular weight excluding hydrogens is 224 g/mol. The second-order valence-corrected chi connectivity index (χ2v) is 5.34. The van der Waals surface area contributed by atoms with E-state index in [-0.39, 0.29) is 11.4 Å². The minimum Gasteiger partial charge on any atom is -0.267 e. The summed E-state index contributed by atoms with van der Waals surface area (Å²) in [6.07, 6.45) is 1.00. The number of hydrogen-bond donors (Lipinski definition) is 0. The summed E-state index contributed by atoms with van der Waals surface area (Å²) in [7, 11) is 0. The Kier molecular flexibility index (Phi) is 3.24. The monoisotopic (exact) mass is 244 g/mol. The number of hydrazone groups is 1. The lowest BCUT2D eigenvalue weighted by Gasteiger charge is -2.33. The highest BCUT2D eigenvalue weighted by molar-refractivity contribution is 5.98. The third kappa shape index (κ3) is 1.94. The third-order valence-corrected chi connectivity index (χ3v) is 3.78. The molecule has 1 aliphatic rings. The standard InChI is InChI=1S/C15H20N2O/c1-5-13-11(2)16-17(15(13,3)4)14(18)12-9-7-6-8-10-12/h6-10,13H,5H2,1-4H3. The van der Waals surface area contributed by atoms with Crippen LogP contribution in [0.15, 0.2) is 35.4 Å². The van der Waals surface area contributed by atoms with Gasteiger partial charge in [0.05, 0.1) is 5.54 Å². The van der Waals surface area contributed by atoms with Crippen LogP contribution in [0.5, 0.6) is 0 Å². The Morgan fingerprint density at radius 3 is 2.44 bits per heavy atom. The minimum atomic E-state index is -0.244. The maximum Gasteiger partial charge on any atom is 0.274 e. The van der Waals surface area contributed by atoms with Crippen molar-refractivity contribution in [2.45, 2.75) is 39.7 Å². The maximum atomic E-state index is 12.5. The SMILES string of the molecule is CCC1C(C)=NN(C(=O)c2ccccc2)C1(C)C. The predicted octanol–water partition coefficient (Wildman–Crippen LogP) is 3.32. The molecule has 2 rings (SSSR count). The van der Waals surface area contributed by atoms with Crippen molar-refractivity contribution >= 4 is 11.6 Å². The number of nitrogens with zero attached hydrogens (tertiary/aromatic N) is 2. The van der Waals surface area contributed by atoms with Gasteiger partial charge >= 0.3 is 0 Å². The van der Waals surface area contributed by atoms with Gasteiger partial charge in [-0.15, -0.1) is 0 Å². The van der Waals surface area contributed by atoms with Crippen molar-refractivity contribution in [3.8, 4) is 0 Å². The molecule has 96 valence electrons. The fourth-order valence-electron chi connectivity index (χ4n) is 2.82. The van der Waals surface area contributed by atoms with Crippen LogP contribution in [0.1, 0.15) is 44.5 Å². The lowest BCUT2D eigenvalue weighted by Crippen LogP contribution is -2.45. The zero-order chi connectivity index (χ0) is 13.3. The van der Waals surface area contributed by atoms with Crippen molar-refractivity contribution in [2.75, 3.05) is 0 Å². The Morgan fingerprint density at radius 2 is 1.94 bits per heavy atom. The smallest absolute Gasteiger partial charge is 0.267 e. The fourth-order valence-corrected chi connectivity index (χ4v) is 2.82. The fraction of sp³-hybridized carbons (Fsp3) is 0.467. The van der Waals surface area contributed by atoms with Crippen LogP contribution in [0, 0.1) is 5.92 Å². The largest absolute Gasteiger partial charge is 0.274 e. The summed E-state index contributed by atoms with van der Waals surface area (Å²) in [5.74, 6) is 0.320. The van der Waals surface area contributed by atoms with Crippen molar-refractivity contribution in [3.63, 3.8) is 0 Å². The number of amides is 1. The molecule has 0 radical (unpaired) electrons. The first-order valence-corrected chi connectivity index (χ1v) is 6.43. The Bertz CT molecular complexity index is 477.